The zero-order valence-electron chi connectivity index (χ0n) is 37.6. The molecule has 0 aliphatic heterocycles. The van der Waals surface area contributed by atoms with E-state index in [4.69, 9.17) is 4.74 Å². The predicted octanol–water partition coefficient (Wildman–Crippen LogP) is 14.3. The summed E-state index contributed by atoms with van der Waals surface area (Å²) in [5.74, 6) is -0.115. The lowest BCUT2D eigenvalue weighted by atomic mass is 10.1. The minimum atomic E-state index is -0.853. The number of hydrogen-bond donors (Lipinski definition) is 3. The number of carbonyl (C=O) groups excluding carboxylic acids is 2. The summed E-state index contributed by atoms with van der Waals surface area (Å²) in [6, 6.07) is -0.638. The van der Waals surface area contributed by atoms with Gasteiger partial charge in [0.15, 0.2) is 0 Å². The van der Waals surface area contributed by atoms with E-state index >= 15 is 0 Å². The van der Waals surface area contributed by atoms with Crippen molar-refractivity contribution in [2.75, 3.05) is 13.2 Å². The van der Waals surface area contributed by atoms with Gasteiger partial charge in [0.1, 0.15) is 0 Å². The lowest BCUT2D eigenvalue weighted by Crippen LogP contribution is -2.45. The summed E-state index contributed by atoms with van der Waals surface area (Å²) in [5.41, 5.74) is 0. The van der Waals surface area contributed by atoms with Crippen LogP contribution in [0.15, 0.2) is 48.6 Å². The topological polar surface area (TPSA) is 95.9 Å². The van der Waals surface area contributed by atoms with E-state index in [9.17, 15) is 19.8 Å². The molecule has 0 saturated carbocycles. The molecule has 0 bridgehead atoms. The molecule has 0 aromatic heterocycles. The molecular weight excluding hydrogens is 707 g/mol. The highest BCUT2D eigenvalue weighted by atomic mass is 16.5. The number of ether oxygens (including phenoxy) is 1. The van der Waals surface area contributed by atoms with E-state index in [1.807, 2.05) is 6.08 Å². The fourth-order valence-corrected chi connectivity index (χ4v) is 7.01. The summed E-state index contributed by atoms with van der Waals surface area (Å²) >= 11 is 0. The van der Waals surface area contributed by atoms with Crippen molar-refractivity contribution >= 4 is 11.9 Å². The minimum Gasteiger partial charge on any atom is -0.466 e. The van der Waals surface area contributed by atoms with Crippen LogP contribution in [0.2, 0.25) is 0 Å². The third kappa shape index (κ3) is 43.2. The summed E-state index contributed by atoms with van der Waals surface area (Å²) < 4.78 is 5.44. The van der Waals surface area contributed by atoms with E-state index in [2.05, 4.69) is 55.6 Å². The SMILES string of the molecule is CCCCCC/C=C\C/C=C\CCCCCCCC(=O)OCCCCCC/C=C\CCCCCCCCCC(=O)NC(CO)C(O)/C=C/CCCCCCCCC. The van der Waals surface area contributed by atoms with Crippen LogP contribution in [0.3, 0.4) is 0 Å². The van der Waals surface area contributed by atoms with E-state index in [0.717, 1.165) is 83.5 Å². The fourth-order valence-electron chi connectivity index (χ4n) is 7.01. The number of amides is 1. The number of hydrogen-bond acceptors (Lipinski definition) is 5. The van der Waals surface area contributed by atoms with Gasteiger partial charge in [-0.15, -0.1) is 0 Å². The van der Waals surface area contributed by atoms with Gasteiger partial charge < -0.3 is 20.3 Å². The molecule has 6 nitrogen and oxygen atoms in total. The maximum atomic E-state index is 12.3. The van der Waals surface area contributed by atoms with Crippen molar-refractivity contribution in [2.45, 2.75) is 251 Å². The summed E-state index contributed by atoms with van der Waals surface area (Å²) in [7, 11) is 0. The Labute approximate surface area is 353 Å². The number of allylic oxidation sites excluding steroid dienone is 7. The lowest BCUT2D eigenvalue weighted by Gasteiger charge is -2.20. The van der Waals surface area contributed by atoms with E-state index in [0.29, 0.717) is 19.4 Å². The lowest BCUT2D eigenvalue weighted by molar-refractivity contribution is -0.143. The smallest absolute Gasteiger partial charge is 0.305 e. The molecule has 0 radical (unpaired) electrons. The molecule has 0 saturated heterocycles. The van der Waals surface area contributed by atoms with Crippen molar-refractivity contribution in [2.24, 2.45) is 0 Å². The number of aliphatic hydroxyl groups is 2. The number of aliphatic hydroxyl groups excluding tert-OH is 2. The van der Waals surface area contributed by atoms with Gasteiger partial charge in [-0.3, -0.25) is 9.59 Å². The van der Waals surface area contributed by atoms with E-state index in [1.165, 1.54) is 128 Å². The Morgan fingerprint density at radius 2 is 0.877 bits per heavy atom. The molecule has 0 rings (SSSR count). The molecule has 6 heteroatoms. The van der Waals surface area contributed by atoms with Crippen molar-refractivity contribution in [3.8, 4) is 0 Å². The minimum absolute atomic E-state index is 0.0262. The van der Waals surface area contributed by atoms with Gasteiger partial charge in [-0.25, -0.2) is 0 Å². The highest BCUT2D eigenvalue weighted by molar-refractivity contribution is 5.76. The quantitative estimate of drug-likeness (QED) is 0.0324. The van der Waals surface area contributed by atoms with Gasteiger partial charge in [0.25, 0.3) is 0 Å². The molecule has 0 aromatic rings. The first-order valence-corrected chi connectivity index (χ1v) is 24.4. The third-order valence-corrected chi connectivity index (χ3v) is 10.8. The van der Waals surface area contributed by atoms with Gasteiger partial charge in [0.05, 0.1) is 25.4 Å². The molecule has 0 fully saturated rings. The third-order valence-electron chi connectivity index (χ3n) is 10.8. The standard InChI is InChI=1S/C51H93NO5/c1-3-5-7-9-11-13-14-15-16-19-22-25-29-33-37-41-45-51(56)57-46-42-38-34-30-26-23-20-17-18-21-24-28-32-36-40-44-50(55)52-48(47-53)49(54)43-39-35-31-27-12-10-8-6-4-2/h13-14,16,19-20,23,39,43,48-49,53-54H,3-12,15,17-18,21-22,24-38,40-42,44-47H2,1-2H3,(H,52,55)/b14-13-,19-16-,23-20-,43-39+. The molecule has 2 unspecified atom stereocenters. The van der Waals surface area contributed by atoms with Crippen LogP contribution in [-0.4, -0.2) is 47.4 Å². The van der Waals surface area contributed by atoms with Gasteiger partial charge >= 0.3 is 5.97 Å². The Morgan fingerprint density at radius 1 is 0.491 bits per heavy atom. The molecule has 3 N–H and O–H groups in total. The largest absolute Gasteiger partial charge is 0.466 e. The zero-order chi connectivity index (χ0) is 41.5. The molecule has 0 aliphatic rings. The van der Waals surface area contributed by atoms with Crippen molar-refractivity contribution in [1.82, 2.24) is 5.32 Å². The average Bonchev–Trinajstić information content (AvgIpc) is 3.21. The Kier molecular flexibility index (Phi) is 44.7. The van der Waals surface area contributed by atoms with Crippen LogP contribution in [0.5, 0.6) is 0 Å². The second-order valence-electron chi connectivity index (χ2n) is 16.4. The molecule has 1 amide bonds. The predicted molar refractivity (Wildman–Crippen MR) is 245 cm³/mol. The van der Waals surface area contributed by atoms with E-state index < -0.39 is 12.1 Å². The Balaban J connectivity index is 3.50. The molecule has 0 aromatic carbocycles. The number of esters is 1. The van der Waals surface area contributed by atoms with Gasteiger partial charge in [-0.05, 0) is 89.9 Å². The molecule has 0 aliphatic carbocycles. The summed E-state index contributed by atoms with van der Waals surface area (Å²) in [4.78, 5) is 24.4. The Bertz CT molecular complexity index is 973. The van der Waals surface area contributed by atoms with Crippen molar-refractivity contribution in [1.29, 1.82) is 0 Å². The average molecular weight is 800 g/mol. The molecule has 2 atom stereocenters. The first-order chi connectivity index (χ1) is 28.0. The van der Waals surface area contributed by atoms with Gasteiger partial charge in [0, 0.05) is 12.8 Å². The molecule has 57 heavy (non-hydrogen) atoms. The van der Waals surface area contributed by atoms with Crippen LogP contribution in [0.1, 0.15) is 239 Å². The van der Waals surface area contributed by atoms with E-state index in [-0.39, 0.29) is 18.5 Å². The first kappa shape index (κ1) is 54.8. The first-order valence-electron chi connectivity index (χ1n) is 24.4. The zero-order valence-corrected chi connectivity index (χ0v) is 37.6. The van der Waals surface area contributed by atoms with Crippen LogP contribution in [-0.2, 0) is 14.3 Å². The summed E-state index contributed by atoms with van der Waals surface area (Å²) in [6.07, 6.45) is 56.8. The normalized spacial score (nSPS) is 13.1. The van der Waals surface area contributed by atoms with Crippen LogP contribution in [0, 0.1) is 0 Å². The van der Waals surface area contributed by atoms with Crippen LogP contribution in [0.4, 0.5) is 0 Å². The maximum absolute atomic E-state index is 12.3. The van der Waals surface area contributed by atoms with Crippen LogP contribution in [0.25, 0.3) is 0 Å². The van der Waals surface area contributed by atoms with Crippen LogP contribution >= 0.6 is 0 Å². The maximum Gasteiger partial charge on any atom is 0.305 e. The number of unbranched alkanes of at least 4 members (excludes halogenated alkanes) is 27. The summed E-state index contributed by atoms with van der Waals surface area (Å²) in [6.45, 7) is 4.80. The number of rotatable bonds is 44. The van der Waals surface area contributed by atoms with Crippen molar-refractivity contribution in [3.05, 3.63) is 48.6 Å². The monoisotopic (exact) mass is 800 g/mol. The van der Waals surface area contributed by atoms with Crippen LogP contribution < -0.4 is 5.32 Å². The molecule has 0 heterocycles. The summed E-state index contributed by atoms with van der Waals surface area (Å²) in [5, 5.41) is 22.9. The van der Waals surface area contributed by atoms with Gasteiger partial charge in [0.2, 0.25) is 5.91 Å². The fraction of sp³-hybridized carbons (Fsp3) is 0.804. The highest BCUT2D eigenvalue weighted by Crippen LogP contribution is 2.13. The number of nitrogens with one attached hydrogen (secondary N) is 1. The van der Waals surface area contributed by atoms with Crippen molar-refractivity contribution < 1.29 is 24.5 Å². The molecular formula is C51H93NO5. The Hall–Kier alpha value is -2.18. The van der Waals surface area contributed by atoms with Gasteiger partial charge in [-0.2, -0.15) is 0 Å². The highest BCUT2D eigenvalue weighted by Gasteiger charge is 2.18. The molecule has 0 spiro atoms. The van der Waals surface area contributed by atoms with Crippen molar-refractivity contribution in [3.63, 3.8) is 0 Å². The van der Waals surface area contributed by atoms with E-state index in [1.54, 1.807) is 6.08 Å². The van der Waals surface area contributed by atoms with Gasteiger partial charge in [-0.1, -0.05) is 184 Å². The second kappa shape index (κ2) is 46.5. The second-order valence-corrected chi connectivity index (χ2v) is 16.4. The number of carbonyl (C=O) groups is 2. The molecule has 332 valence electrons. The Morgan fingerprint density at radius 3 is 1.37 bits per heavy atom.